The van der Waals surface area contributed by atoms with E-state index in [-0.39, 0.29) is 11.3 Å². The molecule has 0 bridgehead atoms. The number of nitrogens with one attached hydrogen (secondary N) is 1. The predicted octanol–water partition coefficient (Wildman–Crippen LogP) is 2.91. The van der Waals surface area contributed by atoms with Gasteiger partial charge in [-0.2, -0.15) is 0 Å². The molecular weight excluding hydrogens is 224 g/mol. The number of carbonyl (C=O) groups is 1. The molecule has 1 aromatic rings. The fourth-order valence-electron chi connectivity index (χ4n) is 3.75. The molecule has 1 heterocycles. The summed E-state index contributed by atoms with van der Waals surface area (Å²) in [7, 11) is 0. The highest BCUT2D eigenvalue weighted by molar-refractivity contribution is 6.07. The molecule has 0 unspecified atom stereocenters. The lowest BCUT2D eigenvalue weighted by atomic mass is 9.79. The second kappa shape index (κ2) is 3.28. The molecule has 2 fully saturated rings. The Morgan fingerprint density at radius 1 is 1.22 bits per heavy atom. The van der Waals surface area contributed by atoms with Gasteiger partial charge >= 0.3 is 0 Å². The molecule has 2 aliphatic carbocycles. The topological polar surface area (TPSA) is 55.1 Å². The zero-order valence-corrected chi connectivity index (χ0v) is 10.5. The van der Waals surface area contributed by atoms with Crippen LogP contribution in [0.1, 0.15) is 55.6 Å². The van der Waals surface area contributed by atoms with Crippen LogP contribution in [0.15, 0.2) is 12.1 Å². The van der Waals surface area contributed by atoms with Gasteiger partial charge in [0, 0.05) is 11.4 Å². The van der Waals surface area contributed by atoms with Crippen molar-refractivity contribution in [3.05, 3.63) is 23.3 Å². The lowest BCUT2D eigenvalue weighted by molar-refractivity contribution is -0.120. The first-order valence-corrected chi connectivity index (χ1v) is 6.96. The van der Waals surface area contributed by atoms with Gasteiger partial charge in [-0.3, -0.25) is 4.79 Å². The fourth-order valence-corrected chi connectivity index (χ4v) is 3.75. The van der Waals surface area contributed by atoms with Crippen molar-refractivity contribution in [1.29, 1.82) is 0 Å². The number of hydrogen-bond acceptors (Lipinski definition) is 2. The first-order chi connectivity index (χ1) is 8.71. The molecule has 3 N–H and O–H groups in total. The van der Waals surface area contributed by atoms with E-state index in [1.54, 1.807) is 0 Å². The average Bonchev–Trinajstić information content (AvgIpc) is 3.01. The summed E-state index contributed by atoms with van der Waals surface area (Å²) in [5.74, 6) is 0.835. The largest absolute Gasteiger partial charge is 0.399 e. The highest BCUT2D eigenvalue weighted by atomic mass is 16.2. The number of rotatable bonds is 1. The normalized spacial score (nSPS) is 24.3. The summed E-state index contributed by atoms with van der Waals surface area (Å²) in [6.45, 7) is 0. The number of fused-ring (bicyclic) bond motifs is 2. The molecule has 3 nitrogen and oxygen atoms in total. The molecule has 3 aliphatic rings. The monoisotopic (exact) mass is 242 g/mol. The molecule has 1 spiro atoms. The average molecular weight is 242 g/mol. The van der Waals surface area contributed by atoms with E-state index in [1.807, 2.05) is 6.07 Å². The van der Waals surface area contributed by atoms with Gasteiger partial charge in [0.2, 0.25) is 5.91 Å². The number of carbonyl (C=O) groups excluding carboxylic acids is 1. The Bertz CT molecular complexity index is 540. The van der Waals surface area contributed by atoms with E-state index in [9.17, 15) is 4.79 Å². The fraction of sp³-hybridized carbons (Fsp3) is 0.533. The van der Waals surface area contributed by atoms with Crippen molar-refractivity contribution < 1.29 is 4.79 Å². The van der Waals surface area contributed by atoms with Gasteiger partial charge in [-0.1, -0.05) is 12.8 Å². The second-order valence-corrected chi connectivity index (χ2v) is 6.05. The molecule has 2 saturated carbocycles. The van der Waals surface area contributed by atoms with Crippen LogP contribution < -0.4 is 11.1 Å². The Morgan fingerprint density at radius 2 is 1.94 bits per heavy atom. The first kappa shape index (κ1) is 10.4. The van der Waals surface area contributed by atoms with Crippen LogP contribution in [0, 0.1) is 0 Å². The van der Waals surface area contributed by atoms with Crippen molar-refractivity contribution in [2.45, 2.75) is 49.9 Å². The molecule has 18 heavy (non-hydrogen) atoms. The van der Waals surface area contributed by atoms with E-state index < -0.39 is 0 Å². The van der Waals surface area contributed by atoms with Crippen molar-refractivity contribution in [3.8, 4) is 0 Å². The highest BCUT2D eigenvalue weighted by Gasteiger charge is 2.49. The minimum atomic E-state index is -0.256. The summed E-state index contributed by atoms with van der Waals surface area (Å²) in [6.07, 6.45) is 6.75. The number of amides is 1. The third kappa shape index (κ3) is 1.22. The first-order valence-electron chi connectivity index (χ1n) is 6.96. The minimum absolute atomic E-state index is 0.211. The maximum absolute atomic E-state index is 12.4. The highest BCUT2D eigenvalue weighted by Crippen LogP contribution is 2.54. The number of nitrogen functional groups attached to an aromatic ring is 1. The van der Waals surface area contributed by atoms with Gasteiger partial charge in [-0.25, -0.2) is 0 Å². The van der Waals surface area contributed by atoms with Gasteiger partial charge in [0.15, 0.2) is 0 Å². The van der Waals surface area contributed by atoms with Gasteiger partial charge < -0.3 is 11.1 Å². The van der Waals surface area contributed by atoms with E-state index in [0.717, 1.165) is 37.1 Å². The molecule has 1 aliphatic heterocycles. The van der Waals surface area contributed by atoms with E-state index in [4.69, 9.17) is 5.73 Å². The maximum atomic E-state index is 12.4. The van der Waals surface area contributed by atoms with E-state index in [1.165, 1.54) is 24.0 Å². The Labute approximate surface area is 107 Å². The van der Waals surface area contributed by atoms with Crippen LogP contribution in [0.25, 0.3) is 0 Å². The summed E-state index contributed by atoms with van der Waals surface area (Å²) in [6, 6.07) is 4.09. The minimum Gasteiger partial charge on any atom is -0.399 e. The molecule has 3 heteroatoms. The third-order valence-corrected chi connectivity index (χ3v) is 4.85. The van der Waals surface area contributed by atoms with E-state index in [2.05, 4.69) is 11.4 Å². The van der Waals surface area contributed by atoms with Crippen molar-refractivity contribution in [2.24, 2.45) is 0 Å². The zero-order valence-electron chi connectivity index (χ0n) is 10.5. The summed E-state index contributed by atoms with van der Waals surface area (Å²) in [5, 5.41) is 3.15. The van der Waals surface area contributed by atoms with Crippen LogP contribution in [-0.4, -0.2) is 5.91 Å². The molecule has 0 atom stereocenters. The summed E-state index contributed by atoms with van der Waals surface area (Å²) >= 11 is 0. The van der Waals surface area contributed by atoms with Crippen molar-refractivity contribution in [1.82, 2.24) is 0 Å². The van der Waals surface area contributed by atoms with Crippen LogP contribution in [0.3, 0.4) is 0 Å². The Hall–Kier alpha value is -1.51. The van der Waals surface area contributed by atoms with Crippen LogP contribution >= 0.6 is 0 Å². The van der Waals surface area contributed by atoms with Gasteiger partial charge in [-0.05, 0) is 54.9 Å². The molecule has 1 amide bonds. The Morgan fingerprint density at radius 3 is 2.61 bits per heavy atom. The molecule has 0 aromatic heterocycles. The zero-order chi connectivity index (χ0) is 12.3. The number of anilines is 2. The van der Waals surface area contributed by atoms with Crippen LogP contribution in [0.5, 0.6) is 0 Å². The SMILES string of the molecule is Nc1cc(C2CC2)c2c(c1)C1(CCCC1)C(=O)N2. The molecule has 1 aromatic carbocycles. The van der Waals surface area contributed by atoms with Crippen molar-refractivity contribution >= 4 is 17.3 Å². The van der Waals surface area contributed by atoms with Gasteiger partial charge in [-0.15, -0.1) is 0 Å². The third-order valence-electron chi connectivity index (χ3n) is 4.85. The van der Waals surface area contributed by atoms with Gasteiger partial charge in [0.05, 0.1) is 5.41 Å². The quantitative estimate of drug-likeness (QED) is 0.744. The summed E-state index contributed by atoms with van der Waals surface area (Å²) < 4.78 is 0. The van der Waals surface area contributed by atoms with E-state index >= 15 is 0 Å². The second-order valence-electron chi connectivity index (χ2n) is 6.05. The maximum Gasteiger partial charge on any atom is 0.235 e. The van der Waals surface area contributed by atoms with Gasteiger partial charge in [0.25, 0.3) is 0 Å². The molecule has 94 valence electrons. The number of hydrogen-bond donors (Lipinski definition) is 2. The van der Waals surface area contributed by atoms with Crippen LogP contribution in [0.4, 0.5) is 11.4 Å². The molecule has 0 radical (unpaired) electrons. The standard InChI is InChI=1S/C15H18N2O/c16-10-7-11(9-3-4-9)13-12(8-10)15(14(18)17-13)5-1-2-6-15/h7-9H,1-6,16H2,(H,17,18). The molecule has 4 rings (SSSR count). The smallest absolute Gasteiger partial charge is 0.235 e. The number of benzene rings is 1. The lowest BCUT2D eigenvalue weighted by Crippen LogP contribution is -2.30. The van der Waals surface area contributed by atoms with Crippen LogP contribution in [-0.2, 0) is 10.2 Å². The van der Waals surface area contributed by atoms with Crippen molar-refractivity contribution in [2.75, 3.05) is 11.1 Å². The summed E-state index contributed by atoms with van der Waals surface area (Å²) in [5.41, 5.74) is 10.2. The Kier molecular flexibility index (Phi) is 1.90. The predicted molar refractivity (Wildman–Crippen MR) is 71.6 cm³/mol. The van der Waals surface area contributed by atoms with E-state index in [0.29, 0.717) is 5.92 Å². The van der Waals surface area contributed by atoms with Crippen LogP contribution in [0.2, 0.25) is 0 Å². The summed E-state index contributed by atoms with van der Waals surface area (Å²) in [4.78, 5) is 12.4. The van der Waals surface area contributed by atoms with Crippen molar-refractivity contribution in [3.63, 3.8) is 0 Å². The number of nitrogens with two attached hydrogens (primary N) is 1. The lowest BCUT2D eigenvalue weighted by Gasteiger charge is -2.21. The molecular formula is C15H18N2O. The van der Waals surface area contributed by atoms with Gasteiger partial charge in [0.1, 0.15) is 0 Å². The molecule has 0 saturated heterocycles. The Balaban J connectivity index is 1.93.